The van der Waals surface area contributed by atoms with Crippen LogP contribution in [0.5, 0.6) is 0 Å². The second-order valence-corrected chi connectivity index (χ2v) is 10.3. The number of sulfonamides is 1. The average molecular weight is 406 g/mol. The Balaban J connectivity index is 1.74. The maximum atomic E-state index is 12.7. The van der Waals surface area contributed by atoms with Crippen molar-refractivity contribution < 1.29 is 13.2 Å². The third-order valence-corrected chi connectivity index (χ3v) is 7.12. The van der Waals surface area contributed by atoms with Crippen molar-refractivity contribution in [2.24, 2.45) is 12.5 Å². The highest BCUT2D eigenvalue weighted by atomic mass is 32.2. The number of ether oxygens (including phenoxy) is 1. The summed E-state index contributed by atoms with van der Waals surface area (Å²) in [5.74, 6) is 0. The monoisotopic (exact) mass is 405 g/mol. The highest BCUT2D eigenvalue weighted by Gasteiger charge is 2.40. The molecular weight excluding hydrogens is 374 g/mol. The maximum absolute atomic E-state index is 12.7. The third-order valence-electron chi connectivity index (χ3n) is 5.55. The molecule has 1 atom stereocenters. The molecule has 1 fully saturated rings. The summed E-state index contributed by atoms with van der Waals surface area (Å²) in [6.07, 6.45) is 5.08. The van der Waals surface area contributed by atoms with Gasteiger partial charge in [-0.15, -0.1) is 0 Å². The number of aromatic nitrogens is 2. The van der Waals surface area contributed by atoms with Gasteiger partial charge in [0.05, 0.1) is 11.3 Å². The molecule has 1 saturated heterocycles. The number of hydrogen-bond acceptors (Lipinski definition) is 4. The second-order valence-electron chi connectivity index (χ2n) is 8.60. The van der Waals surface area contributed by atoms with Gasteiger partial charge < -0.3 is 4.74 Å². The molecule has 0 radical (unpaired) electrons. The van der Waals surface area contributed by atoms with Crippen LogP contribution >= 0.6 is 0 Å². The largest absolute Gasteiger partial charge is 0.376 e. The van der Waals surface area contributed by atoms with Crippen LogP contribution in [0.15, 0.2) is 41.4 Å². The van der Waals surface area contributed by atoms with Gasteiger partial charge in [0.15, 0.2) is 0 Å². The Hall–Kier alpha value is -1.70. The molecular formula is C21H31N3O3S. The normalized spacial score (nSPS) is 22.3. The predicted molar refractivity (Wildman–Crippen MR) is 110 cm³/mol. The summed E-state index contributed by atoms with van der Waals surface area (Å²) in [6, 6.07) is 10.4. The molecule has 2 heterocycles. The van der Waals surface area contributed by atoms with Crippen LogP contribution in [0.3, 0.4) is 0 Å². The second kappa shape index (κ2) is 7.97. The van der Waals surface area contributed by atoms with Crippen LogP contribution in [-0.2, 0) is 28.2 Å². The molecule has 28 heavy (non-hydrogen) atoms. The smallest absolute Gasteiger partial charge is 0.243 e. The molecule has 7 heteroatoms. The van der Waals surface area contributed by atoms with E-state index >= 15 is 0 Å². The van der Waals surface area contributed by atoms with Crippen LogP contribution < -0.4 is 4.72 Å². The van der Waals surface area contributed by atoms with Crippen molar-refractivity contribution in [2.45, 2.75) is 57.0 Å². The topological polar surface area (TPSA) is 73.2 Å². The van der Waals surface area contributed by atoms with Crippen LogP contribution in [0.4, 0.5) is 0 Å². The zero-order valence-corrected chi connectivity index (χ0v) is 18.1. The van der Waals surface area contributed by atoms with Crippen molar-refractivity contribution in [3.63, 3.8) is 0 Å². The van der Waals surface area contributed by atoms with E-state index in [9.17, 15) is 8.42 Å². The van der Waals surface area contributed by atoms with E-state index in [4.69, 9.17) is 4.74 Å². The summed E-state index contributed by atoms with van der Waals surface area (Å²) >= 11 is 0. The van der Waals surface area contributed by atoms with Gasteiger partial charge in [0, 0.05) is 26.4 Å². The molecule has 0 amide bonds. The Morgan fingerprint density at radius 1 is 1.25 bits per heavy atom. The van der Waals surface area contributed by atoms with Crippen LogP contribution in [0.1, 0.15) is 44.4 Å². The van der Waals surface area contributed by atoms with Gasteiger partial charge in [0.2, 0.25) is 10.0 Å². The maximum Gasteiger partial charge on any atom is 0.243 e. The molecule has 1 aliphatic heterocycles. The summed E-state index contributed by atoms with van der Waals surface area (Å²) in [5, 5.41) is 4.14. The minimum Gasteiger partial charge on any atom is -0.376 e. The summed E-state index contributed by atoms with van der Waals surface area (Å²) in [4.78, 5) is 0.249. The Morgan fingerprint density at radius 3 is 2.57 bits per heavy atom. The fourth-order valence-corrected chi connectivity index (χ4v) is 5.69. The zero-order chi connectivity index (χ0) is 20.4. The zero-order valence-electron chi connectivity index (χ0n) is 17.2. The van der Waals surface area contributed by atoms with E-state index in [2.05, 4.69) is 47.9 Å². The van der Waals surface area contributed by atoms with Crippen molar-refractivity contribution >= 4 is 10.0 Å². The molecule has 2 aromatic rings. The van der Waals surface area contributed by atoms with Gasteiger partial charge in [-0.3, -0.25) is 4.68 Å². The van der Waals surface area contributed by atoms with Gasteiger partial charge in [-0.2, -0.15) is 5.10 Å². The number of hydrogen-bond donors (Lipinski definition) is 1. The van der Waals surface area contributed by atoms with E-state index in [0.29, 0.717) is 18.8 Å². The SMILES string of the molecule is Cc1nn(C)cc1S(=O)(=O)NCCC1(Cc2ccccc2)CCOC(C)(C)C1. The molecule has 1 aliphatic rings. The van der Waals surface area contributed by atoms with Crippen molar-refractivity contribution in [2.75, 3.05) is 13.2 Å². The van der Waals surface area contributed by atoms with Gasteiger partial charge in [0.25, 0.3) is 0 Å². The van der Waals surface area contributed by atoms with Crippen molar-refractivity contribution in [1.82, 2.24) is 14.5 Å². The van der Waals surface area contributed by atoms with Gasteiger partial charge in [-0.1, -0.05) is 30.3 Å². The Morgan fingerprint density at radius 2 is 1.96 bits per heavy atom. The lowest BCUT2D eigenvalue weighted by Gasteiger charge is -2.45. The molecule has 6 nitrogen and oxygen atoms in total. The lowest BCUT2D eigenvalue weighted by Crippen LogP contribution is -2.44. The number of nitrogens with one attached hydrogen (secondary N) is 1. The van der Waals surface area contributed by atoms with E-state index in [1.165, 1.54) is 10.2 Å². The van der Waals surface area contributed by atoms with E-state index in [1.807, 2.05) is 6.07 Å². The van der Waals surface area contributed by atoms with E-state index in [1.54, 1.807) is 20.2 Å². The molecule has 154 valence electrons. The van der Waals surface area contributed by atoms with Crippen LogP contribution in [0.25, 0.3) is 0 Å². The molecule has 1 aromatic carbocycles. The average Bonchev–Trinajstić information content (AvgIpc) is 2.94. The highest BCUT2D eigenvalue weighted by molar-refractivity contribution is 7.89. The van der Waals surface area contributed by atoms with Crippen LogP contribution in [0, 0.1) is 12.3 Å². The minimum atomic E-state index is -3.56. The van der Waals surface area contributed by atoms with Gasteiger partial charge in [0.1, 0.15) is 4.90 Å². The number of aryl methyl sites for hydroxylation is 2. The number of nitrogens with zero attached hydrogens (tertiary/aromatic N) is 2. The highest BCUT2D eigenvalue weighted by Crippen LogP contribution is 2.43. The summed E-state index contributed by atoms with van der Waals surface area (Å²) < 4.78 is 35.7. The predicted octanol–water partition coefficient (Wildman–Crippen LogP) is 3.22. The Bertz CT molecular complexity index is 906. The number of benzene rings is 1. The first-order valence-electron chi connectivity index (χ1n) is 9.79. The van der Waals surface area contributed by atoms with Gasteiger partial charge in [-0.05, 0) is 57.4 Å². The van der Waals surface area contributed by atoms with E-state index in [0.717, 1.165) is 25.7 Å². The molecule has 3 rings (SSSR count). The summed E-state index contributed by atoms with van der Waals surface area (Å²) in [5.41, 5.74) is 1.61. The fourth-order valence-electron chi connectivity index (χ4n) is 4.44. The first kappa shape index (κ1) is 21.0. The molecule has 0 aliphatic carbocycles. The first-order chi connectivity index (χ1) is 13.1. The standard InChI is InChI=1S/C21H31N3O3S/c1-17-19(15-24(4)23-17)28(25,26)22-12-10-21(11-13-27-20(2,3)16-21)14-18-8-6-5-7-9-18/h5-9,15,22H,10-14,16H2,1-4H3. The van der Waals surface area contributed by atoms with Crippen LogP contribution in [0.2, 0.25) is 0 Å². The summed E-state index contributed by atoms with van der Waals surface area (Å²) in [6.45, 7) is 7.06. The molecule has 1 unspecified atom stereocenters. The lowest BCUT2D eigenvalue weighted by atomic mass is 9.68. The van der Waals surface area contributed by atoms with Crippen molar-refractivity contribution in [3.05, 3.63) is 47.8 Å². The van der Waals surface area contributed by atoms with Crippen molar-refractivity contribution in [3.8, 4) is 0 Å². The number of rotatable bonds is 7. The lowest BCUT2D eigenvalue weighted by molar-refractivity contribution is -0.106. The van der Waals surface area contributed by atoms with Crippen molar-refractivity contribution in [1.29, 1.82) is 0 Å². The van der Waals surface area contributed by atoms with Crippen LogP contribution in [-0.4, -0.2) is 37.0 Å². The third kappa shape index (κ3) is 5.01. The molecule has 0 bridgehead atoms. The van der Waals surface area contributed by atoms with E-state index < -0.39 is 10.0 Å². The molecule has 0 saturated carbocycles. The quantitative estimate of drug-likeness (QED) is 0.768. The summed E-state index contributed by atoms with van der Waals surface area (Å²) in [7, 11) is -1.84. The van der Waals surface area contributed by atoms with Gasteiger partial charge in [-0.25, -0.2) is 13.1 Å². The molecule has 0 spiro atoms. The van der Waals surface area contributed by atoms with Gasteiger partial charge >= 0.3 is 0 Å². The molecule has 1 N–H and O–H groups in total. The Labute approximate surface area is 168 Å². The Kier molecular flexibility index (Phi) is 5.98. The minimum absolute atomic E-state index is 0.00953. The fraction of sp³-hybridized carbons (Fsp3) is 0.571. The molecule has 1 aromatic heterocycles. The van der Waals surface area contributed by atoms with E-state index in [-0.39, 0.29) is 15.9 Å². The first-order valence-corrected chi connectivity index (χ1v) is 11.3.